The molecule has 3 nitrogen and oxygen atoms in total. The average Bonchev–Trinajstić information content (AvgIpc) is 1.61. The van der Waals surface area contributed by atoms with Crippen molar-refractivity contribution in [3.63, 3.8) is 0 Å². The lowest BCUT2D eigenvalue weighted by atomic mass is 10.3. The van der Waals surface area contributed by atoms with Crippen LogP contribution >= 0.6 is 0 Å². The Morgan fingerprint density at radius 2 is 2.12 bits per heavy atom. The Morgan fingerprint density at radius 1 is 1.62 bits per heavy atom. The molecule has 0 unspecified atom stereocenters. The maximum Gasteiger partial charge on any atom is 0.303 e. The average molecular weight is 231 g/mol. The number of hydrogen-bond acceptors (Lipinski definition) is 1. The number of carboxylic acids is 1. The first kappa shape index (κ1) is 11.0. The van der Waals surface area contributed by atoms with E-state index in [2.05, 4.69) is 5.73 Å². The van der Waals surface area contributed by atoms with E-state index >= 15 is 0 Å². The number of rotatable bonds is 3. The summed E-state index contributed by atoms with van der Waals surface area (Å²) in [4.78, 5) is 9.73. The molecule has 4 heteroatoms. The first-order chi connectivity index (χ1) is 3.27. The molecule has 0 spiro atoms. The SMILES string of the molecule is [I-].[NH3+]CCCC(=O)O. The fraction of sp³-hybridized carbons (Fsp3) is 0.750. The third-order valence-electron chi connectivity index (χ3n) is 0.641. The second-order valence-electron chi connectivity index (χ2n) is 1.35. The number of hydrogen-bond donors (Lipinski definition) is 2. The van der Waals surface area contributed by atoms with Crippen molar-refractivity contribution in [1.82, 2.24) is 0 Å². The van der Waals surface area contributed by atoms with Gasteiger partial charge in [0, 0.05) is 6.42 Å². The zero-order chi connectivity index (χ0) is 5.70. The lowest BCUT2D eigenvalue weighted by Gasteiger charge is -1.84. The standard InChI is InChI=1S/C4H9NO2.HI/c5-3-1-2-4(6)7;/h1-3,5H2,(H,6,7);1H. The third-order valence-corrected chi connectivity index (χ3v) is 0.641. The monoisotopic (exact) mass is 231 g/mol. The zero-order valence-electron chi connectivity index (χ0n) is 4.56. The summed E-state index contributed by atoms with van der Waals surface area (Å²) >= 11 is 0. The highest BCUT2D eigenvalue weighted by atomic mass is 127. The van der Waals surface area contributed by atoms with Gasteiger partial charge in [-0.3, -0.25) is 4.79 Å². The summed E-state index contributed by atoms with van der Waals surface area (Å²) in [5.74, 6) is -0.733. The van der Waals surface area contributed by atoms with E-state index in [-0.39, 0.29) is 30.4 Å². The Morgan fingerprint density at radius 3 is 2.25 bits per heavy atom. The first-order valence-electron chi connectivity index (χ1n) is 2.28. The van der Waals surface area contributed by atoms with Gasteiger partial charge in [-0.2, -0.15) is 0 Å². The maximum absolute atomic E-state index is 9.73. The van der Waals surface area contributed by atoms with Crippen LogP contribution in [0.15, 0.2) is 0 Å². The van der Waals surface area contributed by atoms with E-state index in [4.69, 9.17) is 5.11 Å². The van der Waals surface area contributed by atoms with E-state index in [9.17, 15) is 4.79 Å². The van der Waals surface area contributed by atoms with Gasteiger partial charge >= 0.3 is 5.97 Å². The lowest BCUT2D eigenvalue weighted by molar-refractivity contribution is -0.368. The quantitative estimate of drug-likeness (QED) is 0.487. The summed E-state index contributed by atoms with van der Waals surface area (Å²) < 4.78 is 0. The molecule has 0 saturated heterocycles. The number of quaternary nitrogens is 1. The Bertz CT molecular complexity index is 67.1. The second kappa shape index (κ2) is 7.16. The van der Waals surface area contributed by atoms with Gasteiger partial charge in [0.1, 0.15) is 0 Å². The van der Waals surface area contributed by atoms with Gasteiger partial charge in [0.15, 0.2) is 0 Å². The molecule has 0 aromatic carbocycles. The molecule has 0 fully saturated rings. The van der Waals surface area contributed by atoms with E-state index in [0.717, 1.165) is 0 Å². The molecule has 0 aliphatic carbocycles. The Kier molecular flexibility index (Phi) is 9.87. The van der Waals surface area contributed by atoms with Crippen LogP contribution in [0.4, 0.5) is 0 Å². The molecule has 4 N–H and O–H groups in total. The molecule has 8 heavy (non-hydrogen) atoms. The van der Waals surface area contributed by atoms with Crippen LogP contribution in [0.25, 0.3) is 0 Å². The number of carboxylic acid groups (broad SMARTS) is 1. The van der Waals surface area contributed by atoms with Crippen LogP contribution in [-0.2, 0) is 4.79 Å². The van der Waals surface area contributed by atoms with Gasteiger partial charge in [-0.25, -0.2) is 0 Å². The molecule has 50 valence electrons. The molecule has 0 rings (SSSR count). The molecular formula is C4H10INO2. The first-order valence-corrected chi connectivity index (χ1v) is 2.28. The highest BCUT2D eigenvalue weighted by molar-refractivity contribution is 5.66. The van der Waals surface area contributed by atoms with E-state index in [1.807, 2.05) is 0 Å². The largest absolute Gasteiger partial charge is 1.00 e. The highest BCUT2D eigenvalue weighted by Gasteiger charge is 1.92. The van der Waals surface area contributed by atoms with Crippen molar-refractivity contribution < 1.29 is 39.6 Å². The summed E-state index contributed by atoms with van der Waals surface area (Å²) in [6, 6.07) is 0. The second-order valence-corrected chi connectivity index (χ2v) is 1.35. The van der Waals surface area contributed by atoms with Gasteiger partial charge < -0.3 is 34.8 Å². The predicted molar refractivity (Wildman–Crippen MR) is 24.6 cm³/mol. The van der Waals surface area contributed by atoms with Crippen molar-refractivity contribution in [2.45, 2.75) is 12.8 Å². The van der Waals surface area contributed by atoms with Crippen LogP contribution < -0.4 is 29.7 Å². The van der Waals surface area contributed by atoms with Crippen molar-refractivity contribution in [3.8, 4) is 0 Å². The summed E-state index contributed by atoms with van der Waals surface area (Å²) in [7, 11) is 0. The molecule has 0 saturated carbocycles. The molecule has 0 aromatic heterocycles. The van der Waals surface area contributed by atoms with Gasteiger partial charge in [0.25, 0.3) is 0 Å². The number of halogens is 1. The predicted octanol–water partition coefficient (Wildman–Crippen LogP) is -3.90. The molecule has 0 bridgehead atoms. The summed E-state index contributed by atoms with van der Waals surface area (Å²) in [6.07, 6.45) is 0.943. The van der Waals surface area contributed by atoms with Crippen molar-refractivity contribution >= 4 is 5.97 Å². The van der Waals surface area contributed by atoms with E-state index in [1.54, 1.807) is 0 Å². The van der Waals surface area contributed by atoms with Crippen molar-refractivity contribution in [1.29, 1.82) is 0 Å². The molecule has 0 atom stereocenters. The molecule has 0 radical (unpaired) electrons. The molecule has 0 aliphatic rings. The van der Waals surface area contributed by atoms with E-state index in [0.29, 0.717) is 13.0 Å². The maximum atomic E-state index is 9.73. The fourth-order valence-electron chi connectivity index (χ4n) is 0.276. The van der Waals surface area contributed by atoms with Gasteiger partial charge in [0.2, 0.25) is 0 Å². The third kappa shape index (κ3) is 9.48. The highest BCUT2D eigenvalue weighted by Crippen LogP contribution is 1.81. The van der Waals surface area contributed by atoms with Gasteiger partial charge in [0.05, 0.1) is 13.0 Å². The van der Waals surface area contributed by atoms with Gasteiger partial charge in [-0.1, -0.05) is 0 Å². The van der Waals surface area contributed by atoms with Crippen LogP contribution in [0.1, 0.15) is 12.8 Å². The summed E-state index contributed by atoms with van der Waals surface area (Å²) in [5, 5.41) is 8.02. The zero-order valence-corrected chi connectivity index (χ0v) is 6.72. The summed E-state index contributed by atoms with van der Waals surface area (Å²) in [5.41, 5.74) is 3.49. The molecule has 0 aromatic rings. The minimum absolute atomic E-state index is 0. The van der Waals surface area contributed by atoms with Crippen molar-refractivity contribution in [2.24, 2.45) is 0 Å². The molecule has 0 heterocycles. The Hall–Kier alpha value is 0.160. The Labute approximate surface area is 65.3 Å². The van der Waals surface area contributed by atoms with Crippen molar-refractivity contribution in [3.05, 3.63) is 0 Å². The molecule has 0 aliphatic heterocycles. The topological polar surface area (TPSA) is 64.9 Å². The van der Waals surface area contributed by atoms with Crippen LogP contribution in [0, 0.1) is 0 Å². The summed E-state index contributed by atoms with van der Waals surface area (Å²) in [6.45, 7) is 0.715. The van der Waals surface area contributed by atoms with Crippen molar-refractivity contribution in [2.75, 3.05) is 6.54 Å². The normalized spacial score (nSPS) is 7.62. The Balaban J connectivity index is 0. The lowest BCUT2D eigenvalue weighted by Crippen LogP contribution is -3.00. The smallest absolute Gasteiger partial charge is 0.303 e. The van der Waals surface area contributed by atoms with Crippen LogP contribution in [0.3, 0.4) is 0 Å². The molecular weight excluding hydrogens is 221 g/mol. The van der Waals surface area contributed by atoms with Crippen LogP contribution in [0.2, 0.25) is 0 Å². The van der Waals surface area contributed by atoms with Gasteiger partial charge in [-0.05, 0) is 0 Å². The number of aliphatic carboxylic acids is 1. The van der Waals surface area contributed by atoms with E-state index in [1.165, 1.54) is 0 Å². The van der Waals surface area contributed by atoms with Gasteiger partial charge in [-0.15, -0.1) is 0 Å². The van der Waals surface area contributed by atoms with Crippen LogP contribution in [0.5, 0.6) is 0 Å². The van der Waals surface area contributed by atoms with E-state index < -0.39 is 5.97 Å². The van der Waals surface area contributed by atoms with Crippen LogP contribution in [-0.4, -0.2) is 17.6 Å². The fourth-order valence-corrected chi connectivity index (χ4v) is 0.276. The minimum atomic E-state index is -0.733. The molecule has 0 amide bonds. The minimum Gasteiger partial charge on any atom is -1.00 e. The number of carbonyl (C=O) groups is 1.